The molecule has 2 heterocycles. The summed E-state index contributed by atoms with van der Waals surface area (Å²) < 4.78 is 0. The van der Waals surface area contributed by atoms with Crippen molar-refractivity contribution in [2.75, 3.05) is 38.0 Å². The van der Waals surface area contributed by atoms with E-state index in [1.807, 2.05) is 0 Å². The van der Waals surface area contributed by atoms with E-state index in [4.69, 9.17) is 0 Å². The fourth-order valence-electron chi connectivity index (χ4n) is 5.27. The molecule has 1 aliphatic heterocycles. The predicted octanol–water partition coefficient (Wildman–Crippen LogP) is 5.19. The highest BCUT2D eigenvalue weighted by Gasteiger charge is 2.23. The first kappa shape index (κ1) is 23.0. The second kappa shape index (κ2) is 10.7. The van der Waals surface area contributed by atoms with Gasteiger partial charge in [-0.15, -0.1) is 11.3 Å². The molecule has 1 saturated heterocycles. The number of piperazine rings is 1. The number of hydrogen-bond donors (Lipinski definition) is 1. The summed E-state index contributed by atoms with van der Waals surface area (Å²) in [6.45, 7) is 4.98. The SMILES string of the molecule is N#Cc1c(NC(=O)CN2CCN(Cc3cccc4ccccc34)CC2)sc2c1CCCCCC2. The number of benzene rings is 2. The van der Waals surface area contributed by atoms with E-state index in [0.29, 0.717) is 12.1 Å². The van der Waals surface area contributed by atoms with Gasteiger partial charge in [-0.3, -0.25) is 14.6 Å². The number of rotatable bonds is 5. The van der Waals surface area contributed by atoms with Gasteiger partial charge in [0.05, 0.1) is 12.1 Å². The molecule has 1 N–H and O–H groups in total. The summed E-state index contributed by atoms with van der Waals surface area (Å²) in [5.74, 6) is -0.00627. The number of nitriles is 1. The topological polar surface area (TPSA) is 59.4 Å². The van der Waals surface area contributed by atoms with Crippen molar-refractivity contribution < 1.29 is 4.79 Å². The van der Waals surface area contributed by atoms with Gasteiger partial charge >= 0.3 is 0 Å². The standard InChI is InChI=1S/C28H32N4OS/c29-18-25-24-12-3-1-2-4-13-26(24)34-28(25)30-27(33)20-32-16-14-31(15-17-32)19-22-10-7-9-21-8-5-6-11-23(21)22/h5-11H,1-4,12-17,19-20H2,(H,30,33). The Morgan fingerprint density at radius 2 is 1.68 bits per heavy atom. The van der Waals surface area contributed by atoms with Crippen LogP contribution < -0.4 is 5.32 Å². The van der Waals surface area contributed by atoms with Crippen LogP contribution in [-0.2, 0) is 24.2 Å². The normalized spacial score (nSPS) is 17.5. The van der Waals surface area contributed by atoms with Crippen molar-refractivity contribution in [1.29, 1.82) is 5.26 Å². The average molecular weight is 473 g/mol. The third kappa shape index (κ3) is 5.17. The zero-order valence-corrected chi connectivity index (χ0v) is 20.5. The lowest BCUT2D eigenvalue weighted by molar-refractivity contribution is -0.117. The first-order valence-electron chi connectivity index (χ1n) is 12.5. The molecule has 2 aromatic carbocycles. The maximum absolute atomic E-state index is 12.8. The van der Waals surface area contributed by atoms with Crippen molar-refractivity contribution in [1.82, 2.24) is 9.80 Å². The van der Waals surface area contributed by atoms with Crippen LogP contribution in [0.25, 0.3) is 10.8 Å². The van der Waals surface area contributed by atoms with Gasteiger partial charge in [0.15, 0.2) is 0 Å². The fraction of sp³-hybridized carbons (Fsp3) is 0.429. The van der Waals surface area contributed by atoms with E-state index in [2.05, 4.69) is 63.7 Å². The number of hydrogen-bond acceptors (Lipinski definition) is 5. The first-order valence-corrected chi connectivity index (χ1v) is 13.3. The highest BCUT2D eigenvalue weighted by molar-refractivity contribution is 7.16. The molecule has 1 aliphatic carbocycles. The van der Waals surface area contributed by atoms with Crippen LogP contribution in [0.3, 0.4) is 0 Å². The predicted molar refractivity (Wildman–Crippen MR) is 139 cm³/mol. The molecule has 5 nitrogen and oxygen atoms in total. The van der Waals surface area contributed by atoms with E-state index in [1.54, 1.807) is 11.3 Å². The van der Waals surface area contributed by atoms with Crippen LogP contribution in [0.1, 0.15) is 47.3 Å². The zero-order chi connectivity index (χ0) is 23.3. The molecule has 0 atom stereocenters. The Morgan fingerprint density at radius 1 is 0.941 bits per heavy atom. The van der Waals surface area contributed by atoms with Gasteiger partial charge in [0.2, 0.25) is 5.91 Å². The van der Waals surface area contributed by atoms with Crippen molar-refractivity contribution in [2.24, 2.45) is 0 Å². The smallest absolute Gasteiger partial charge is 0.239 e. The van der Waals surface area contributed by atoms with Crippen LogP contribution in [0.5, 0.6) is 0 Å². The van der Waals surface area contributed by atoms with Gasteiger partial charge < -0.3 is 5.32 Å². The van der Waals surface area contributed by atoms with Crippen molar-refractivity contribution >= 4 is 33.0 Å². The number of anilines is 1. The number of nitrogens with one attached hydrogen (secondary N) is 1. The lowest BCUT2D eigenvalue weighted by atomic mass is 9.97. The highest BCUT2D eigenvalue weighted by atomic mass is 32.1. The Bertz CT molecular complexity index is 1200. The van der Waals surface area contributed by atoms with E-state index in [9.17, 15) is 10.1 Å². The Labute approximate surface area is 206 Å². The molecule has 176 valence electrons. The average Bonchev–Trinajstić information content (AvgIpc) is 3.15. The third-order valence-electron chi connectivity index (χ3n) is 7.14. The maximum Gasteiger partial charge on any atom is 0.239 e. The summed E-state index contributed by atoms with van der Waals surface area (Å²) in [4.78, 5) is 18.8. The summed E-state index contributed by atoms with van der Waals surface area (Å²) in [5, 5.41) is 16.2. The number of aryl methyl sites for hydroxylation is 1. The lowest BCUT2D eigenvalue weighted by Gasteiger charge is -2.34. The monoisotopic (exact) mass is 472 g/mol. The second-order valence-electron chi connectivity index (χ2n) is 9.47. The summed E-state index contributed by atoms with van der Waals surface area (Å²) in [7, 11) is 0. The van der Waals surface area contributed by atoms with Crippen molar-refractivity contribution in [3.63, 3.8) is 0 Å². The molecular weight excluding hydrogens is 440 g/mol. The molecule has 0 spiro atoms. The van der Waals surface area contributed by atoms with Crippen LogP contribution in [0.4, 0.5) is 5.00 Å². The number of carbonyl (C=O) groups is 1. The lowest BCUT2D eigenvalue weighted by Crippen LogP contribution is -2.48. The Morgan fingerprint density at radius 3 is 2.50 bits per heavy atom. The molecule has 1 aromatic heterocycles. The minimum Gasteiger partial charge on any atom is -0.315 e. The second-order valence-corrected chi connectivity index (χ2v) is 10.6. The number of nitrogens with zero attached hydrogens (tertiary/aromatic N) is 3. The van der Waals surface area contributed by atoms with E-state index in [0.717, 1.165) is 57.0 Å². The summed E-state index contributed by atoms with van der Waals surface area (Å²) in [6.07, 6.45) is 6.79. The number of amides is 1. The Balaban J connectivity index is 1.16. The van der Waals surface area contributed by atoms with E-state index in [1.165, 1.54) is 46.0 Å². The third-order valence-corrected chi connectivity index (χ3v) is 8.35. The Kier molecular flexibility index (Phi) is 7.24. The summed E-state index contributed by atoms with van der Waals surface area (Å²) in [5.41, 5.74) is 3.25. The number of fused-ring (bicyclic) bond motifs is 2. The Hall–Kier alpha value is -2.72. The quantitative estimate of drug-likeness (QED) is 0.555. The highest BCUT2D eigenvalue weighted by Crippen LogP contribution is 2.36. The largest absolute Gasteiger partial charge is 0.315 e. The van der Waals surface area contributed by atoms with Crippen LogP contribution in [0, 0.1) is 11.3 Å². The van der Waals surface area contributed by atoms with Crippen LogP contribution in [0.15, 0.2) is 42.5 Å². The van der Waals surface area contributed by atoms with Gasteiger partial charge in [-0.25, -0.2) is 0 Å². The molecule has 0 radical (unpaired) electrons. The van der Waals surface area contributed by atoms with Crippen molar-refractivity contribution in [2.45, 2.75) is 45.1 Å². The first-order chi connectivity index (χ1) is 16.7. The fourth-order valence-corrected chi connectivity index (χ4v) is 6.53. The molecule has 34 heavy (non-hydrogen) atoms. The van der Waals surface area contributed by atoms with E-state index >= 15 is 0 Å². The van der Waals surface area contributed by atoms with E-state index < -0.39 is 0 Å². The molecular formula is C28H32N4OS. The van der Waals surface area contributed by atoms with Crippen molar-refractivity contribution in [3.05, 3.63) is 64.0 Å². The van der Waals surface area contributed by atoms with E-state index in [-0.39, 0.29) is 5.91 Å². The molecule has 6 heteroatoms. The molecule has 1 fully saturated rings. The summed E-state index contributed by atoms with van der Waals surface area (Å²) >= 11 is 1.62. The van der Waals surface area contributed by atoms with Crippen LogP contribution >= 0.6 is 11.3 Å². The van der Waals surface area contributed by atoms with Gasteiger partial charge in [0.25, 0.3) is 0 Å². The number of thiophene rings is 1. The molecule has 5 rings (SSSR count). The van der Waals surface area contributed by atoms with Gasteiger partial charge in [0.1, 0.15) is 11.1 Å². The van der Waals surface area contributed by atoms with Crippen molar-refractivity contribution in [3.8, 4) is 6.07 Å². The molecule has 3 aromatic rings. The van der Waals surface area contributed by atoms with Crippen LogP contribution in [0.2, 0.25) is 0 Å². The van der Waals surface area contributed by atoms with Gasteiger partial charge in [-0.2, -0.15) is 5.26 Å². The van der Waals surface area contributed by atoms with Gasteiger partial charge in [0, 0.05) is 37.6 Å². The molecule has 0 saturated carbocycles. The molecule has 1 amide bonds. The maximum atomic E-state index is 12.8. The van der Waals surface area contributed by atoms with Gasteiger partial charge in [-0.05, 0) is 47.6 Å². The number of carbonyl (C=O) groups excluding carboxylic acids is 1. The molecule has 0 bridgehead atoms. The van der Waals surface area contributed by atoms with Crippen LogP contribution in [-0.4, -0.2) is 48.4 Å². The van der Waals surface area contributed by atoms with Gasteiger partial charge in [-0.1, -0.05) is 55.3 Å². The molecule has 0 unspecified atom stereocenters. The summed E-state index contributed by atoms with van der Waals surface area (Å²) in [6, 6.07) is 17.5. The minimum absolute atomic E-state index is 0.00627. The zero-order valence-electron chi connectivity index (χ0n) is 19.7. The molecule has 2 aliphatic rings. The minimum atomic E-state index is -0.00627.